The van der Waals surface area contributed by atoms with Gasteiger partial charge in [0.05, 0.1) is 5.69 Å². The van der Waals surface area contributed by atoms with Crippen molar-refractivity contribution in [1.29, 1.82) is 0 Å². The van der Waals surface area contributed by atoms with Gasteiger partial charge < -0.3 is 0 Å². The Labute approximate surface area is 123 Å². The molecule has 1 heterocycles. The van der Waals surface area contributed by atoms with E-state index in [2.05, 4.69) is 30.7 Å². The molecular weight excluding hydrogens is 279 g/mol. The second kappa shape index (κ2) is 5.48. The fraction of sp³-hybridized carbons (Fsp3) is 0.333. The monoisotopic (exact) mass is 294 g/mol. The molecule has 0 saturated carbocycles. The largest absolute Gasteiger partial charge is 0.237 e. The van der Waals surface area contributed by atoms with Crippen LogP contribution in [0.15, 0.2) is 30.3 Å². The van der Waals surface area contributed by atoms with Gasteiger partial charge in [0.1, 0.15) is 11.0 Å². The van der Waals surface area contributed by atoms with Crippen molar-refractivity contribution in [1.82, 2.24) is 9.97 Å². The fourth-order valence-electron chi connectivity index (χ4n) is 1.74. The van der Waals surface area contributed by atoms with Gasteiger partial charge in [0.2, 0.25) is 0 Å². The summed E-state index contributed by atoms with van der Waals surface area (Å²) >= 11 is 12.2. The van der Waals surface area contributed by atoms with Crippen LogP contribution in [0, 0.1) is 0 Å². The summed E-state index contributed by atoms with van der Waals surface area (Å²) < 4.78 is 0. The normalized spacial score (nSPS) is 11.6. The minimum Gasteiger partial charge on any atom is -0.237 e. The standard InChI is InChI=1S/C15H16Cl2N2/c1-15(2,3)12-9-13(17)19-14(18-12)8-10-6-4-5-7-11(10)16/h4-7,9H,8H2,1-3H3. The average Bonchev–Trinajstić information content (AvgIpc) is 2.30. The topological polar surface area (TPSA) is 25.8 Å². The lowest BCUT2D eigenvalue weighted by Crippen LogP contribution is -2.15. The summed E-state index contributed by atoms with van der Waals surface area (Å²) in [6.45, 7) is 6.31. The molecule has 2 rings (SSSR count). The minimum absolute atomic E-state index is 0.0538. The van der Waals surface area contributed by atoms with E-state index in [1.807, 2.05) is 30.3 Å². The molecule has 100 valence electrons. The van der Waals surface area contributed by atoms with Crippen molar-refractivity contribution < 1.29 is 0 Å². The van der Waals surface area contributed by atoms with Gasteiger partial charge >= 0.3 is 0 Å². The Kier molecular flexibility index (Phi) is 4.12. The SMILES string of the molecule is CC(C)(C)c1cc(Cl)nc(Cc2ccccc2Cl)n1. The zero-order valence-electron chi connectivity index (χ0n) is 11.2. The zero-order chi connectivity index (χ0) is 14.0. The molecule has 0 fully saturated rings. The van der Waals surface area contributed by atoms with Gasteiger partial charge in [-0.15, -0.1) is 0 Å². The van der Waals surface area contributed by atoms with Gasteiger partial charge in [-0.3, -0.25) is 0 Å². The highest BCUT2D eigenvalue weighted by Gasteiger charge is 2.17. The summed E-state index contributed by atoms with van der Waals surface area (Å²) in [5.74, 6) is 0.700. The molecule has 0 aliphatic rings. The Balaban J connectivity index is 2.36. The number of benzene rings is 1. The average molecular weight is 295 g/mol. The third kappa shape index (κ3) is 3.68. The van der Waals surface area contributed by atoms with E-state index in [1.165, 1.54) is 0 Å². The minimum atomic E-state index is -0.0538. The molecule has 2 nitrogen and oxygen atoms in total. The van der Waals surface area contributed by atoms with E-state index >= 15 is 0 Å². The summed E-state index contributed by atoms with van der Waals surface area (Å²) in [5.41, 5.74) is 1.89. The summed E-state index contributed by atoms with van der Waals surface area (Å²) in [7, 11) is 0. The van der Waals surface area contributed by atoms with E-state index in [9.17, 15) is 0 Å². The molecule has 1 aromatic heterocycles. The Morgan fingerprint density at radius 2 is 1.74 bits per heavy atom. The van der Waals surface area contributed by atoms with Gasteiger partial charge in [-0.05, 0) is 17.7 Å². The zero-order valence-corrected chi connectivity index (χ0v) is 12.8. The first-order valence-electron chi connectivity index (χ1n) is 6.13. The van der Waals surface area contributed by atoms with Crippen LogP contribution in [0.3, 0.4) is 0 Å². The first kappa shape index (κ1) is 14.3. The summed E-state index contributed by atoms with van der Waals surface area (Å²) in [6, 6.07) is 9.52. The van der Waals surface area contributed by atoms with Gasteiger partial charge in [0.15, 0.2) is 0 Å². The third-order valence-electron chi connectivity index (χ3n) is 2.82. The lowest BCUT2D eigenvalue weighted by atomic mass is 9.92. The van der Waals surface area contributed by atoms with Gasteiger partial charge in [0.25, 0.3) is 0 Å². The molecule has 0 radical (unpaired) electrons. The van der Waals surface area contributed by atoms with Gasteiger partial charge in [-0.2, -0.15) is 0 Å². The highest BCUT2D eigenvalue weighted by atomic mass is 35.5. The molecule has 1 aromatic carbocycles. The van der Waals surface area contributed by atoms with Crippen molar-refractivity contribution >= 4 is 23.2 Å². The van der Waals surface area contributed by atoms with Gasteiger partial charge in [-0.1, -0.05) is 62.2 Å². The van der Waals surface area contributed by atoms with Gasteiger partial charge in [0, 0.05) is 16.9 Å². The molecule has 4 heteroatoms. The third-order valence-corrected chi connectivity index (χ3v) is 3.38. The van der Waals surface area contributed by atoms with Crippen molar-refractivity contribution in [3.05, 3.63) is 57.6 Å². The smallest absolute Gasteiger partial charge is 0.134 e. The summed E-state index contributed by atoms with van der Waals surface area (Å²) in [5, 5.41) is 1.20. The number of hydrogen-bond donors (Lipinski definition) is 0. The summed E-state index contributed by atoms with van der Waals surface area (Å²) in [4.78, 5) is 8.87. The molecule has 0 unspecified atom stereocenters. The van der Waals surface area contributed by atoms with E-state index in [0.29, 0.717) is 17.4 Å². The number of hydrogen-bond acceptors (Lipinski definition) is 2. The Bertz CT molecular complexity index is 589. The van der Waals surface area contributed by atoms with Crippen LogP contribution in [-0.2, 0) is 11.8 Å². The highest BCUT2D eigenvalue weighted by molar-refractivity contribution is 6.31. The summed E-state index contributed by atoms with van der Waals surface area (Å²) in [6.07, 6.45) is 0.587. The fourth-order valence-corrected chi connectivity index (χ4v) is 2.14. The van der Waals surface area contributed by atoms with E-state index in [4.69, 9.17) is 23.2 Å². The Morgan fingerprint density at radius 1 is 1.05 bits per heavy atom. The number of nitrogens with zero attached hydrogens (tertiary/aromatic N) is 2. The Morgan fingerprint density at radius 3 is 2.37 bits per heavy atom. The predicted octanol–water partition coefficient (Wildman–Crippen LogP) is 4.67. The molecule has 0 spiro atoms. The van der Waals surface area contributed by atoms with Crippen LogP contribution in [0.2, 0.25) is 10.2 Å². The van der Waals surface area contributed by atoms with Crippen LogP contribution >= 0.6 is 23.2 Å². The molecule has 0 atom stereocenters. The second-order valence-electron chi connectivity index (χ2n) is 5.51. The first-order valence-corrected chi connectivity index (χ1v) is 6.89. The van der Waals surface area contributed by atoms with Crippen LogP contribution < -0.4 is 0 Å². The predicted molar refractivity (Wildman–Crippen MR) is 80.0 cm³/mol. The van der Waals surface area contributed by atoms with Crippen molar-refractivity contribution in [2.24, 2.45) is 0 Å². The molecule has 0 amide bonds. The molecule has 19 heavy (non-hydrogen) atoms. The molecule has 0 aliphatic heterocycles. The molecule has 0 aliphatic carbocycles. The number of aromatic nitrogens is 2. The van der Waals surface area contributed by atoms with E-state index < -0.39 is 0 Å². The quantitative estimate of drug-likeness (QED) is 0.752. The number of rotatable bonds is 2. The molecule has 0 bridgehead atoms. The molecule has 0 saturated heterocycles. The highest BCUT2D eigenvalue weighted by Crippen LogP contribution is 2.24. The molecule has 2 aromatic rings. The second-order valence-corrected chi connectivity index (χ2v) is 6.30. The van der Waals surface area contributed by atoms with Crippen LogP contribution in [-0.4, -0.2) is 9.97 Å². The molecular formula is C15H16Cl2N2. The first-order chi connectivity index (χ1) is 8.86. The van der Waals surface area contributed by atoms with Crippen LogP contribution in [0.5, 0.6) is 0 Å². The van der Waals surface area contributed by atoms with Gasteiger partial charge in [-0.25, -0.2) is 9.97 Å². The lowest BCUT2D eigenvalue weighted by Gasteiger charge is -2.18. The van der Waals surface area contributed by atoms with E-state index in [0.717, 1.165) is 16.3 Å². The van der Waals surface area contributed by atoms with Crippen LogP contribution in [0.1, 0.15) is 37.9 Å². The van der Waals surface area contributed by atoms with Crippen LogP contribution in [0.4, 0.5) is 0 Å². The lowest BCUT2D eigenvalue weighted by molar-refractivity contribution is 0.563. The van der Waals surface area contributed by atoms with Crippen molar-refractivity contribution in [2.75, 3.05) is 0 Å². The van der Waals surface area contributed by atoms with E-state index in [-0.39, 0.29) is 5.41 Å². The maximum Gasteiger partial charge on any atom is 0.134 e. The maximum atomic E-state index is 6.16. The Hall–Kier alpha value is -1.12. The van der Waals surface area contributed by atoms with Crippen molar-refractivity contribution in [2.45, 2.75) is 32.6 Å². The number of halogens is 2. The van der Waals surface area contributed by atoms with Crippen molar-refractivity contribution in [3.63, 3.8) is 0 Å². The maximum absolute atomic E-state index is 6.16. The van der Waals surface area contributed by atoms with Crippen LogP contribution in [0.25, 0.3) is 0 Å². The molecule has 0 N–H and O–H groups in total. The van der Waals surface area contributed by atoms with E-state index in [1.54, 1.807) is 0 Å². The van der Waals surface area contributed by atoms with Crippen molar-refractivity contribution in [3.8, 4) is 0 Å².